The molecule has 3 atom stereocenters. The minimum Gasteiger partial charge on any atom is -0.477 e. The molecule has 0 aromatic carbocycles. The van der Waals surface area contributed by atoms with Gasteiger partial charge in [-0.05, 0) is 0 Å². The maximum atomic E-state index is 11.6. The second-order valence-electron chi connectivity index (χ2n) is 4.18. The van der Waals surface area contributed by atoms with Gasteiger partial charge in [-0.1, -0.05) is 13.8 Å². The fraction of sp³-hybridized carbons (Fsp3) is 0.545. The van der Waals surface area contributed by atoms with Crippen LogP contribution in [0.25, 0.3) is 0 Å². The van der Waals surface area contributed by atoms with Gasteiger partial charge in [0.25, 0.3) is 5.56 Å². The fourth-order valence-corrected chi connectivity index (χ4v) is 4.53. The van der Waals surface area contributed by atoms with Crippen LogP contribution in [0, 0.1) is 0 Å². The first-order chi connectivity index (χ1) is 8.49. The minimum absolute atomic E-state index is 0.122. The first kappa shape index (κ1) is 13.5. The summed E-state index contributed by atoms with van der Waals surface area (Å²) in [5.41, 5.74) is -0.891. The summed E-state index contributed by atoms with van der Waals surface area (Å²) in [5.74, 6) is 0.204. The maximum absolute atomic E-state index is 11.6. The Hall–Kier alpha value is -0.950. The third-order valence-corrected chi connectivity index (χ3v) is 6.30. The van der Waals surface area contributed by atoms with Crippen LogP contribution in [-0.4, -0.2) is 37.3 Å². The molecule has 1 fully saturated rings. The van der Waals surface area contributed by atoms with Gasteiger partial charge >= 0.3 is 5.97 Å². The van der Waals surface area contributed by atoms with Crippen LogP contribution >= 0.6 is 23.5 Å². The predicted octanol–water partition coefficient (Wildman–Crippen LogP) is 1.77. The largest absolute Gasteiger partial charge is 0.477 e. The minimum atomic E-state index is -1.25. The Kier molecular flexibility index (Phi) is 4.01. The molecule has 1 aliphatic heterocycles. The maximum Gasteiger partial charge on any atom is 0.342 e. The van der Waals surface area contributed by atoms with E-state index in [0.717, 1.165) is 11.9 Å². The molecule has 3 unspecified atom stereocenters. The quantitative estimate of drug-likeness (QED) is 0.862. The average molecular weight is 286 g/mol. The van der Waals surface area contributed by atoms with Gasteiger partial charge in [-0.2, -0.15) is 11.8 Å². The standard InChI is InChI=1S/C11H14N2O3S2/c1-5-6(2)18-8(4-17-5)9-12-3-7(11(15)16)10(14)13-9/h3,5-6,8H,4H2,1-2H3,(H,15,16)(H,12,13,14). The number of rotatable bonds is 2. The van der Waals surface area contributed by atoms with E-state index >= 15 is 0 Å². The van der Waals surface area contributed by atoms with E-state index in [-0.39, 0.29) is 10.8 Å². The molecule has 1 aliphatic rings. The van der Waals surface area contributed by atoms with Crippen LogP contribution in [-0.2, 0) is 0 Å². The molecule has 1 saturated heterocycles. The van der Waals surface area contributed by atoms with Gasteiger partial charge < -0.3 is 10.1 Å². The van der Waals surface area contributed by atoms with Crippen molar-refractivity contribution in [1.29, 1.82) is 0 Å². The SMILES string of the molecule is CC1SCC(c2ncc(C(=O)O)c(=O)[nH]2)SC1C. The Balaban J connectivity index is 2.22. The molecule has 2 N–H and O–H groups in total. The van der Waals surface area contributed by atoms with Crippen molar-refractivity contribution in [1.82, 2.24) is 9.97 Å². The zero-order valence-electron chi connectivity index (χ0n) is 10.0. The molecule has 1 aromatic rings. The highest BCUT2D eigenvalue weighted by molar-refractivity contribution is 8.07. The van der Waals surface area contributed by atoms with E-state index < -0.39 is 11.5 Å². The summed E-state index contributed by atoms with van der Waals surface area (Å²) >= 11 is 3.62. The molecule has 0 aliphatic carbocycles. The first-order valence-electron chi connectivity index (χ1n) is 5.58. The Bertz CT molecular complexity index is 517. The van der Waals surface area contributed by atoms with Gasteiger partial charge in [0.1, 0.15) is 11.4 Å². The zero-order chi connectivity index (χ0) is 13.3. The van der Waals surface area contributed by atoms with Gasteiger partial charge in [0, 0.05) is 22.4 Å². The zero-order valence-corrected chi connectivity index (χ0v) is 11.7. The predicted molar refractivity (Wildman–Crippen MR) is 73.5 cm³/mol. The van der Waals surface area contributed by atoms with Crippen molar-refractivity contribution in [3.63, 3.8) is 0 Å². The lowest BCUT2D eigenvalue weighted by molar-refractivity contribution is 0.0694. The highest BCUT2D eigenvalue weighted by Gasteiger charge is 2.28. The molecule has 0 amide bonds. The van der Waals surface area contributed by atoms with E-state index in [1.165, 1.54) is 0 Å². The molecule has 98 valence electrons. The van der Waals surface area contributed by atoms with Crippen molar-refractivity contribution in [3.8, 4) is 0 Å². The van der Waals surface area contributed by atoms with Gasteiger partial charge in [-0.25, -0.2) is 9.78 Å². The smallest absolute Gasteiger partial charge is 0.342 e. The number of nitrogens with one attached hydrogen (secondary N) is 1. The Morgan fingerprint density at radius 1 is 1.50 bits per heavy atom. The van der Waals surface area contributed by atoms with Crippen LogP contribution < -0.4 is 5.56 Å². The number of aromatic amines is 1. The number of hydrogen-bond donors (Lipinski definition) is 2. The van der Waals surface area contributed by atoms with E-state index in [1.807, 2.05) is 11.8 Å². The Labute approximate surface area is 113 Å². The normalized spacial score (nSPS) is 28.0. The van der Waals surface area contributed by atoms with Crippen LogP contribution in [0.4, 0.5) is 0 Å². The lowest BCUT2D eigenvalue weighted by Gasteiger charge is -2.30. The highest BCUT2D eigenvalue weighted by atomic mass is 32.2. The van der Waals surface area contributed by atoms with Crippen LogP contribution in [0.2, 0.25) is 0 Å². The second kappa shape index (κ2) is 5.36. The number of H-pyrrole nitrogens is 1. The van der Waals surface area contributed by atoms with E-state index in [1.54, 1.807) is 11.8 Å². The number of aromatic nitrogens is 2. The van der Waals surface area contributed by atoms with E-state index in [4.69, 9.17) is 5.11 Å². The van der Waals surface area contributed by atoms with Gasteiger partial charge in [0.15, 0.2) is 0 Å². The van der Waals surface area contributed by atoms with Crippen molar-refractivity contribution < 1.29 is 9.90 Å². The van der Waals surface area contributed by atoms with Gasteiger partial charge in [-0.15, -0.1) is 11.8 Å². The van der Waals surface area contributed by atoms with Crippen molar-refractivity contribution in [2.75, 3.05) is 5.75 Å². The molecule has 0 radical (unpaired) electrons. The third kappa shape index (κ3) is 2.72. The molecule has 0 saturated carbocycles. The molecule has 7 heteroatoms. The Morgan fingerprint density at radius 3 is 2.78 bits per heavy atom. The van der Waals surface area contributed by atoms with E-state index in [2.05, 4.69) is 23.8 Å². The molecule has 1 aromatic heterocycles. The monoisotopic (exact) mass is 286 g/mol. The number of hydrogen-bond acceptors (Lipinski definition) is 5. The number of aromatic carboxylic acids is 1. The van der Waals surface area contributed by atoms with Crippen LogP contribution in [0.3, 0.4) is 0 Å². The number of carboxylic acid groups (broad SMARTS) is 1. The van der Waals surface area contributed by atoms with E-state index in [9.17, 15) is 9.59 Å². The van der Waals surface area contributed by atoms with Gasteiger partial charge in [0.2, 0.25) is 0 Å². The lowest BCUT2D eigenvalue weighted by Crippen LogP contribution is -2.26. The highest BCUT2D eigenvalue weighted by Crippen LogP contribution is 2.42. The lowest BCUT2D eigenvalue weighted by atomic mass is 10.3. The Morgan fingerprint density at radius 2 is 2.22 bits per heavy atom. The number of nitrogens with zero attached hydrogens (tertiary/aromatic N) is 1. The van der Waals surface area contributed by atoms with Gasteiger partial charge in [-0.3, -0.25) is 4.79 Å². The summed E-state index contributed by atoms with van der Waals surface area (Å²) < 4.78 is 0. The van der Waals surface area contributed by atoms with Crippen molar-refractivity contribution in [2.45, 2.75) is 29.6 Å². The van der Waals surface area contributed by atoms with Crippen molar-refractivity contribution >= 4 is 29.5 Å². The number of thioether (sulfide) groups is 2. The van der Waals surface area contributed by atoms with Gasteiger partial charge in [0.05, 0.1) is 5.25 Å². The molecule has 18 heavy (non-hydrogen) atoms. The van der Waals surface area contributed by atoms with E-state index in [0.29, 0.717) is 16.3 Å². The van der Waals surface area contributed by atoms with Crippen LogP contribution in [0.5, 0.6) is 0 Å². The molecule has 0 spiro atoms. The number of carbonyl (C=O) groups is 1. The topological polar surface area (TPSA) is 83.0 Å². The molecular weight excluding hydrogens is 272 g/mol. The van der Waals surface area contributed by atoms with Crippen LogP contribution in [0.15, 0.2) is 11.0 Å². The third-order valence-electron chi connectivity index (χ3n) is 2.90. The van der Waals surface area contributed by atoms with Crippen molar-refractivity contribution in [2.24, 2.45) is 0 Å². The average Bonchev–Trinajstić information content (AvgIpc) is 2.32. The fourth-order valence-electron chi connectivity index (χ4n) is 1.65. The van der Waals surface area contributed by atoms with Crippen LogP contribution in [0.1, 0.15) is 35.3 Å². The molecule has 2 heterocycles. The summed E-state index contributed by atoms with van der Waals surface area (Å²) in [7, 11) is 0. The summed E-state index contributed by atoms with van der Waals surface area (Å²) in [4.78, 5) is 29.0. The molecule has 2 rings (SSSR count). The summed E-state index contributed by atoms with van der Waals surface area (Å²) in [5, 5.41) is 9.96. The summed E-state index contributed by atoms with van der Waals surface area (Å²) in [6.07, 6.45) is 1.14. The summed E-state index contributed by atoms with van der Waals surface area (Å²) in [6, 6.07) is 0. The molecule has 5 nitrogen and oxygen atoms in total. The first-order valence-corrected chi connectivity index (χ1v) is 7.57. The number of carboxylic acids is 1. The molecular formula is C11H14N2O3S2. The van der Waals surface area contributed by atoms with Crippen molar-refractivity contribution in [3.05, 3.63) is 27.9 Å². The molecule has 0 bridgehead atoms. The second-order valence-corrected chi connectivity index (χ2v) is 7.18. The summed E-state index contributed by atoms with van der Waals surface area (Å²) in [6.45, 7) is 4.33.